The third-order valence-electron chi connectivity index (χ3n) is 3.66. The summed E-state index contributed by atoms with van der Waals surface area (Å²) in [6.07, 6.45) is -0.0681. The second-order valence-corrected chi connectivity index (χ2v) is 5.07. The molecule has 0 aliphatic carbocycles. The Morgan fingerprint density at radius 2 is 2.04 bits per heavy atom. The van der Waals surface area contributed by atoms with Crippen LogP contribution in [-0.4, -0.2) is 16.2 Å². The number of hydrogen-bond donors (Lipinski definition) is 3. The smallest absolute Gasteiger partial charge is 0.449 e. The molecule has 1 aliphatic rings. The number of allylic oxidation sites excluding steroid dienone is 2. The topological polar surface area (TPSA) is 91.4 Å². The monoisotopic (exact) mass is 316 g/mol. The van der Waals surface area contributed by atoms with E-state index in [4.69, 9.17) is 9.84 Å². The van der Waals surface area contributed by atoms with Gasteiger partial charge in [-0.1, -0.05) is 18.2 Å². The zero-order chi connectivity index (χ0) is 16.6. The molecule has 1 atom stereocenters. The maximum atomic E-state index is 14.3. The Hall–Kier alpha value is -3.09. The summed E-state index contributed by atoms with van der Waals surface area (Å²) in [5, 5.41) is 11.9. The van der Waals surface area contributed by atoms with E-state index in [2.05, 4.69) is 10.3 Å². The third kappa shape index (κ3) is 2.57. The molecule has 118 valence electrons. The minimum absolute atomic E-state index is 0.0215. The molecule has 3 N–H and O–H groups in total. The Bertz CT molecular complexity index is 872. The van der Waals surface area contributed by atoms with E-state index in [0.29, 0.717) is 11.4 Å². The van der Waals surface area contributed by atoms with Crippen molar-refractivity contribution >= 4 is 11.8 Å². The highest BCUT2D eigenvalue weighted by Crippen LogP contribution is 2.40. The van der Waals surface area contributed by atoms with Crippen LogP contribution in [0.4, 0.5) is 14.9 Å². The van der Waals surface area contributed by atoms with Gasteiger partial charge in [0.25, 0.3) is 5.56 Å². The van der Waals surface area contributed by atoms with Crippen LogP contribution in [0, 0.1) is 5.82 Å². The number of fused-ring (bicyclic) bond motifs is 1. The first kappa shape index (κ1) is 14.8. The van der Waals surface area contributed by atoms with Gasteiger partial charge in [-0.3, -0.25) is 4.79 Å². The van der Waals surface area contributed by atoms with Gasteiger partial charge in [0.1, 0.15) is 11.6 Å². The van der Waals surface area contributed by atoms with E-state index in [0.717, 1.165) is 0 Å². The maximum Gasteiger partial charge on any atom is 0.511 e. The zero-order valence-corrected chi connectivity index (χ0v) is 12.1. The number of H-pyrrole nitrogens is 1. The maximum absolute atomic E-state index is 14.3. The van der Waals surface area contributed by atoms with E-state index < -0.39 is 23.4 Å². The van der Waals surface area contributed by atoms with Gasteiger partial charge >= 0.3 is 6.16 Å². The Morgan fingerprint density at radius 3 is 2.74 bits per heavy atom. The quantitative estimate of drug-likeness (QED) is 0.741. The predicted molar refractivity (Wildman–Crippen MR) is 80.7 cm³/mol. The molecule has 0 radical (unpaired) electrons. The first-order valence-electron chi connectivity index (χ1n) is 6.83. The van der Waals surface area contributed by atoms with Crippen LogP contribution in [0.15, 0.2) is 52.8 Å². The SMILES string of the molecule is CC1=C(OC(=O)O)C(c2ccccc2F)c2c(cc[nH]c2=O)N1. The molecule has 0 amide bonds. The van der Waals surface area contributed by atoms with Crippen molar-refractivity contribution in [1.82, 2.24) is 4.98 Å². The highest BCUT2D eigenvalue weighted by atomic mass is 19.1. The molecule has 0 bridgehead atoms. The van der Waals surface area contributed by atoms with Gasteiger partial charge in [-0.2, -0.15) is 0 Å². The summed E-state index contributed by atoms with van der Waals surface area (Å²) < 4.78 is 19.1. The fraction of sp³-hybridized carbons (Fsp3) is 0.125. The van der Waals surface area contributed by atoms with Gasteiger partial charge in [0.2, 0.25) is 0 Å². The number of carboxylic acid groups (broad SMARTS) is 1. The molecule has 2 aromatic rings. The minimum Gasteiger partial charge on any atom is -0.449 e. The number of nitrogens with one attached hydrogen (secondary N) is 2. The van der Waals surface area contributed by atoms with Gasteiger partial charge in [-0.25, -0.2) is 9.18 Å². The molecule has 0 saturated heterocycles. The molecule has 6 nitrogen and oxygen atoms in total. The minimum atomic E-state index is -1.53. The van der Waals surface area contributed by atoms with Crippen LogP contribution < -0.4 is 10.9 Å². The van der Waals surface area contributed by atoms with Gasteiger partial charge in [0, 0.05) is 17.4 Å². The Morgan fingerprint density at radius 1 is 1.30 bits per heavy atom. The average Bonchev–Trinajstić information content (AvgIpc) is 2.49. The van der Waals surface area contributed by atoms with Crippen molar-refractivity contribution in [3.63, 3.8) is 0 Å². The highest BCUT2D eigenvalue weighted by Gasteiger charge is 2.34. The zero-order valence-electron chi connectivity index (χ0n) is 12.1. The molecule has 23 heavy (non-hydrogen) atoms. The summed E-state index contributed by atoms with van der Waals surface area (Å²) in [4.78, 5) is 25.8. The van der Waals surface area contributed by atoms with Crippen molar-refractivity contribution in [1.29, 1.82) is 0 Å². The number of aromatic amines is 1. The molecule has 2 heterocycles. The summed E-state index contributed by atoms with van der Waals surface area (Å²) in [5.74, 6) is -1.52. The Labute approximate surface area is 130 Å². The fourth-order valence-corrected chi connectivity index (χ4v) is 2.73. The van der Waals surface area contributed by atoms with Crippen molar-refractivity contribution in [2.24, 2.45) is 0 Å². The van der Waals surface area contributed by atoms with Gasteiger partial charge in [0.05, 0.1) is 17.2 Å². The van der Waals surface area contributed by atoms with E-state index in [1.54, 1.807) is 19.1 Å². The van der Waals surface area contributed by atoms with Crippen molar-refractivity contribution < 1.29 is 19.0 Å². The van der Waals surface area contributed by atoms with E-state index in [1.165, 1.54) is 24.4 Å². The summed E-state index contributed by atoms with van der Waals surface area (Å²) in [6.45, 7) is 1.61. The summed E-state index contributed by atoms with van der Waals surface area (Å²) in [5.41, 5.74) is 0.820. The Kier molecular flexibility index (Phi) is 3.61. The lowest BCUT2D eigenvalue weighted by Gasteiger charge is -2.28. The number of rotatable bonds is 2. The highest BCUT2D eigenvalue weighted by molar-refractivity contribution is 5.66. The number of ether oxygens (including phenoxy) is 1. The van der Waals surface area contributed by atoms with E-state index in [9.17, 15) is 14.0 Å². The van der Waals surface area contributed by atoms with Crippen LogP contribution in [0.25, 0.3) is 0 Å². The summed E-state index contributed by atoms with van der Waals surface area (Å²) in [7, 11) is 0. The molecular formula is C16H13FN2O4. The molecule has 7 heteroatoms. The van der Waals surface area contributed by atoms with Crippen LogP contribution in [0.5, 0.6) is 0 Å². The van der Waals surface area contributed by atoms with Crippen LogP contribution in [0.3, 0.4) is 0 Å². The lowest BCUT2D eigenvalue weighted by Crippen LogP contribution is -2.28. The van der Waals surface area contributed by atoms with Gasteiger partial charge in [-0.05, 0) is 19.1 Å². The fourth-order valence-electron chi connectivity index (χ4n) is 2.73. The third-order valence-corrected chi connectivity index (χ3v) is 3.66. The van der Waals surface area contributed by atoms with Crippen molar-refractivity contribution in [2.45, 2.75) is 12.8 Å². The molecule has 1 aromatic heterocycles. The van der Waals surface area contributed by atoms with Crippen molar-refractivity contribution in [2.75, 3.05) is 5.32 Å². The summed E-state index contributed by atoms with van der Waals surface area (Å²) >= 11 is 0. The molecule has 0 saturated carbocycles. The van der Waals surface area contributed by atoms with E-state index >= 15 is 0 Å². The van der Waals surface area contributed by atoms with Gasteiger partial charge in [-0.15, -0.1) is 0 Å². The normalized spacial score (nSPS) is 16.5. The van der Waals surface area contributed by atoms with Gasteiger partial charge < -0.3 is 20.1 Å². The second kappa shape index (κ2) is 5.60. The lowest BCUT2D eigenvalue weighted by molar-refractivity contribution is 0.114. The predicted octanol–water partition coefficient (Wildman–Crippen LogP) is 3.00. The van der Waals surface area contributed by atoms with E-state index in [1.807, 2.05) is 0 Å². The van der Waals surface area contributed by atoms with Gasteiger partial charge in [0.15, 0.2) is 0 Å². The van der Waals surface area contributed by atoms with Crippen LogP contribution >= 0.6 is 0 Å². The first-order valence-corrected chi connectivity index (χ1v) is 6.83. The lowest BCUT2D eigenvalue weighted by atomic mass is 9.86. The number of halogens is 1. The number of hydrogen-bond acceptors (Lipinski definition) is 4. The first-order chi connectivity index (χ1) is 11.0. The average molecular weight is 316 g/mol. The molecule has 0 fully saturated rings. The second-order valence-electron chi connectivity index (χ2n) is 5.07. The standard InChI is InChI=1S/C16H13FN2O4/c1-8-14(23-16(21)22)12(9-4-2-3-5-10(9)17)13-11(19-8)6-7-18-15(13)20/h2-7,12,19H,1H3,(H,18,20)(H,21,22). The number of pyridine rings is 1. The number of carbonyl (C=O) groups is 1. The molecule has 1 unspecified atom stereocenters. The number of aromatic nitrogens is 1. The number of benzene rings is 1. The summed E-state index contributed by atoms with van der Waals surface area (Å²) in [6, 6.07) is 7.52. The van der Waals surface area contributed by atoms with Crippen LogP contribution in [0.1, 0.15) is 24.0 Å². The van der Waals surface area contributed by atoms with E-state index in [-0.39, 0.29) is 16.9 Å². The number of anilines is 1. The molecule has 3 rings (SSSR count). The molecule has 1 aliphatic heterocycles. The molecule has 0 spiro atoms. The molecule has 1 aromatic carbocycles. The largest absolute Gasteiger partial charge is 0.511 e. The van der Waals surface area contributed by atoms with Crippen molar-refractivity contribution in [3.8, 4) is 0 Å². The van der Waals surface area contributed by atoms with Crippen LogP contribution in [0.2, 0.25) is 0 Å². The van der Waals surface area contributed by atoms with Crippen LogP contribution in [-0.2, 0) is 4.74 Å². The Balaban J connectivity index is 2.28. The van der Waals surface area contributed by atoms with Crippen molar-refractivity contribution in [3.05, 3.63) is 75.3 Å². The molecular weight excluding hydrogens is 303 g/mol.